The summed E-state index contributed by atoms with van der Waals surface area (Å²) in [4.78, 5) is 25.6. The fourth-order valence-corrected chi connectivity index (χ4v) is 2.77. The molecular weight excluding hydrogens is 353 g/mol. The van der Waals surface area contributed by atoms with Crippen molar-refractivity contribution in [3.63, 3.8) is 0 Å². The zero-order valence-corrected chi connectivity index (χ0v) is 13.4. The maximum atomic E-state index is 14.2. The Labute approximate surface area is 146 Å². The lowest BCUT2D eigenvalue weighted by molar-refractivity contribution is -0.404. The molecule has 1 aliphatic rings. The molecule has 25 heavy (non-hydrogen) atoms. The van der Waals surface area contributed by atoms with Crippen LogP contribution in [-0.2, 0) is 4.79 Å². The molecule has 0 saturated carbocycles. The number of carbonyl (C=O) groups is 1. The van der Waals surface area contributed by atoms with Gasteiger partial charge in [-0.05, 0) is 30.3 Å². The number of amides is 1. The summed E-state index contributed by atoms with van der Waals surface area (Å²) < 4.78 is 14.2. The van der Waals surface area contributed by atoms with E-state index >= 15 is 0 Å². The average Bonchev–Trinajstić information content (AvgIpc) is 2.71. The third-order valence-electron chi connectivity index (χ3n) is 3.77. The molecule has 1 amide bonds. The normalized spacial score (nSPS) is 16.7. The molecular formula is C16H11ClFN3O4. The van der Waals surface area contributed by atoms with Crippen LogP contribution in [0.25, 0.3) is 0 Å². The van der Waals surface area contributed by atoms with Gasteiger partial charge < -0.3 is 0 Å². The highest BCUT2D eigenvalue weighted by molar-refractivity contribution is 6.31. The molecule has 1 atom stereocenters. The minimum Gasteiger partial charge on any atom is -0.287 e. The highest BCUT2D eigenvalue weighted by Gasteiger charge is 2.38. The number of rotatable bonds is 2. The summed E-state index contributed by atoms with van der Waals surface area (Å²) in [5, 5.41) is 21.9. The molecule has 128 valence electrons. The van der Waals surface area contributed by atoms with E-state index in [2.05, 4.69) is 4.99 Å². The van der Waals surface area contributed by atoms with Crippen molar-refractivity contribution in [3.8, 4) is 0 Å². The molecule has 1 N–H and O–H groups in total. The Hall–Kier alpha value is -2.84. The molecule has 0 bridgehead atoms. The van der Waals surface area contributed by atoms with Crippen LogP contribution in [0.1, 0.15) is 11.1 Å². The second-order valence-electron chi connectivity index (χ2n) is 5.29. The largest absolute Gasteiger partial charge is 0.471 e. The second-order valence-corrected chi connectivity index (χ2v) is 5.72. The molecule has 0 radical (unpaired) electrons. The number of fused-ring (bicyclic) bond motifs is 1. The van der Waals surface area contributed by atoms with Gasteiger partial charge in [0.2, 0.25) is 6.04 Å². The molecule has 0 aliphatic carbocycles. The van der Waals surface area contributed by atoms with Crippen LogP contribution in [0, 0.1) is 15.9 Å². The first kappa shape index (κ1) is 17.0. The van der Waals surface area contributed by atoms with Gasteiger partial charge >= 0.3 is 5.91 Å². The van der Waals surface area contributed by atoms with Gasteiger partial charge in [0.1, 0.15) is 10.7 Å². The minimum atomic E-state index is -1.53. The summed E-state index contributed by atoms with van der Waals surface area (Å²) in [7, 11) is 0. The van der Waals surface area contributed by atoms with Gasteiger partial charge in [-0.15, -0.1) is 0 Å². The summed E-state index contributed by atoms with van der Waals surface area (Å²) in [5.41, 5.74) is 0.616. The highest BCUT2D eigenvalue weighted by atomic mass is 35.5. The summed E-state index contributed by atoms with van der Waals surface area (Å²) >= 11 is 6.00. The van der Waals surface area contributed by atoms with Crippen molar-refractivity contribution < 1.29 is 19.3 Å². The number of hydrogen-bond acceptors (Lipinski definition) is 6. The Bertz CT molecular complexity index is 903. The van der Waals surface area contributed by atoms with Gasteiger partial charge in [0.05, 0.1) is 17.9 Å². The van der Waals surface area contributed by atoms with E-state index in [0.29, 0.717) is 10.1 Å². The number of carbonyl (C=O) groups excluding carboxylic acids is 1. The fourth-order valence-electron chi connectivity index (χ4n) is 2.59. The van der Waals surface area contributed by atoms with E-state index in [-0.39, 0.29) is 22.5 Å². The Balaban J connectivity index is 2.21. The maximum absolute atomic E-state index is 14.2. The molecule has 9 heteroatoms. The van der Waals surface area contributed by atoms with Crippen LogP contribution in [-0.4, -0.2) is 34.3 Å². The smallest absolute Gasteiger partial charge is 0.287 e. The van der Waals surface area contributed by atoms with Crippen LogP contribution in [0.4, 0.5) is 10.1 Å². The van der Waals surface area contributed by atoms with Crippen molar-refractivity contribution in [1.82, 2.24) is 0 Å². The van der Waals surface area contributed by atoms with E-state index in [4.69, 9.17) is 11.6 Å². The Morgan fingerprint density at radius 3 is 2.72 bits per heavy atom. The van der Waals surface area contributed by atoms with Crippen molar-refractivity contribution in [2.75, 3.05) is 11.6 Å². The molecule has 0 fully saturated rings. The SMILES string of the molecule is O=C(C1CN=C(c2ccccc2F)c2cc(Cl)ccc2N1O)[N+](=O)[O-]. The average molecular weight is 364 g/mol. The monoisotopic (exact) mass is 363 g/mol. The van der Waals surface area contributed by atoms with Gasteiger partial charge in [-0.25, -0.2) is 14.2 Å². The summed E-state index contributed by atoms with van der Waals surface area (Å²) in [6, 6.07) is 8.59. The second kappa shape index (κ2) is 6.58. The van der Waals surface area contributed by atoms with Crippen LogP contribution in [0.5, 0.6) is 0 Å². The van der Waals surface area contributed by atoms with Crippen molar-refractivity contribution in [2.24, 2.45) is 4.99 Å². The van der Waals surface area contributed by atoms with Gasteiger partial charge in [-0.1, -0.05) is 23.7 Å². The lowest BCUT2D eigenvalue weighted by atomic mass is 10.00. The topological polar surface area (TPSA) is 96.0 Å². The van der Waals surface area contributed by atoms with Crippen LogP contribution in [0.15, 0.2) is 47.5 Å². The molecule has 0 aromatic heterocycles. The van der Waals surface area contributed by atoms with E-state index in [1.165, 1.54) is 36.4 Å². The van der Waals surface area contributed by atoms with Crippen molar-refractivity contribution in [3.05, 3.63) is 74.5 Å². The molecule has 0 spiro atoms. The summed E-state index contributed by atoms with van der Waals surface area (Å²) in [6.07, 6.45) is 0. The number of anilines is 1. The molecule has 3 rings (SSSR count). The van der Waals surface area contributed by atoms with Crippen molar-refractivity contribution in [2.45, 2.75) is 6.04 Å². The number of nitro groups is 1. The zero-order chi connectivity index (χ0) is 18.1. The maximum Gasteiger partial charge on any atom is 0.471 e. The number of hydrogen-bond donors (Lipinski definition) is 1. The van der Waals surface area contributed by atoms with Crippen molar-refractivity contribution in [1.29, 1.82) is 0 Å². The van der Waals surface area contributed by atoms with E-state index in [1.807, 2.05) is 0 Å². The van der Waals surface area contributed by atoms with E-state index in [0.717, 1.165) is 0 Å². The van der Waals surface area contributed by atoms with Crippen LogP contribution in [0.2, 0.25) is 5.02 Å². The summed E-state index contributed by atoms with van der Waals surface area (Å²) in [5.74, 6) is -1.97. The number of benzene rings is 2. The van der Waals surface area contributed by atoms with Gasteiger partial charge in [0.15, 0.2) is 0 Å². The Morgan fingerprint density at radius 1 is 1.32 bits per heavy atom. The third kappa shape index (κ3) is 3.09. The first-order chi connectivity index (χ1) is 11.9. The first-order valence-electron chi connectivity index (χ1n) is 7.15. The quantitative estimate of drug-likeness (QED) is 0.653. The van der Waals surface area contributed by atoms with Gasteiger partial charge in [-0.2, -0.15) is 0 Å². The predicted octanol–water partition coefficient (Wildman–Crippen LogP) is 2.70. The van der Waals surface area contributed by atoms with Gasteiger partial charge in [0.25, 0.3) is 0 Å². The molecule has 1 aliphatic heterocycles. The molecule has 2 aromatic rings. The number of hydroxylamine groups is 1. The van der Waals surface area contributed by atoms with Crippen LogP contribution < -0.4 is 5.06 Å². The van der Waals surface area contributed by atoms with E-state index in [9.17, 15) is 24.5 Å². The van der Waals surface area contributed by atoms with Crippen molar-refractivity contribution >= 4 is 28.9 Å². The molecule has 7 nitrogen and oxygen atoms in total. The predicted molar refractivity (Wildman–Crippen MR) is 88.4 cm³/mol. The molecule has 1 unspecified atom stereocenters. The highest BCUT2D eigenvalue weighted by Crippen LogP contribution is 2.31. The number of nitrogens with zero attached hydrogens (tertiary/aromatic N) is 3. The van der Waals surface area contributed by atoms with Crippen LogP contribution >= 0.6 is 11.6 Å². The molecule has 0 saturated heterocycles. The molecule has 1 heterocycles. The lowest BCUT2D eigenvalue weighted by Gasteiger charge is -2.21. The number of halogens is 2. The first-order valence-corrected chi connectivity index (χ1v) is 7.53. The number of benzodiazepines with no additional fused rings is 1. The third-order valence-corrected chi connectivity index (χ3v) is 4.01. The Morgan fingerprint density at radius 2 is 2.04 bits per heavy atom. The Kier molecular flexibility index (Phi) is 4.47. The van der Waals surface area contributed by atoms with E-state index < -0.39 is 29.2 Å². The lowest BCUT2D eigenvalue weighted by Crippen LogP contribution is -2.44. The zero-order valence-electron chi connectivity index (χ0n) is 12.6. The molecule has 2 aromatic carbocycles. The summed E-state index contributed by atoms with van der Waals surface area (Å²) in [6.45, 7) is -0.410. The number of aliphatic imine (C=N–C) groups is 1. The minimum absolute atomic E-state index is 0.0732. The van der Waals surface area contributed by atoms with E-state index in [1.54, 1.807) is 6.07 Å². The standard InChI is InChI=1S/C16H11ClFN3O4/c17-9-5-6-13-11(7-9)15(10-3-1-2-4-12(10)18)19-8-14(20(13)23)16(22)21(24)25/h1-7,14,23H,8H2. The fraction of sp³-hybridized carbons (Fsp3) is 0.125. The van der Waals surface area contributed by atoms with Gasteiger partial charge in [0, 0.05) is 16.1 Å². The van der Waals surface area contributed by atoms with Crippen LogP contribution in [0.3, 0.4) is 0 Å². The van der Waals surface area contributed by atoms with Gasteiger partial charge in [-0.3, -0.25) is 20.3 Å².